The molecule has 6 nitrogen and oxygen atoms in total. The third-order valence-corrected chi connectivity index (χ3v) is 4.52. The van der Waals surface area contributed by atoms with Crippen molar-refractivity contribution < 1.29 is 9.59 Å². The quantitative estimate of drug-likeness (QED) is 0.244. The van der Waals surface area contributed by atoms with Gasteiger partial charge in [0.25, 0.3) is 0 Å². The second-order valence-electron chi connectivity index (χ2n) is 3.82. The van der Waals surface area contributed by atoms with Gasteiger partial charge in [0.15, 0.2) is 0 Å². The number of carbonyl (C=O) groups is 2. The van der Waals surface area contributed by atoms with Crippen LogP contribution >= 0.6 is 40.0 Å². The van der Waals surface area contributed by atoms with Crippen LogP contribution in [-0.4, -0.2) is 47.8 Å². The Labute approximate surface area is 131 Å². The summed E-state index contributed by atoms with van der Waals surface area (Å²) in [6.45, 7) is 3.37. The van der Waals surface area contributed by atoms with Gasteiger partial charge < -0.3 is 10.2 Å². The van der Waals surface area contributed by atoms with Crippen LogP contribution in [0.4, 0.5) is 0 Å². The molecule has 0 aromatic carbocycles. The summed E-state index contributed by atoms with van der Waals surface area (Å²) >= 11 is 8.12. The minimum atomic E-state index is -0.0377. The second-order valence-corrected chi connectivity index (χ2v) is 6.46. The third-order valence-electron chi connectivity index (χ3n) is 2.45. The van der Waals surface area contributed by atoms with E-state index in [0.29, 0.717) is 23.7 Å². The van der Waals surface area contributed by atoms with Crippen molar-refractivity contribution in [1.82, 2.24) is 15.0 Å². The van der Waals surface area contributed by atoms with Crippen molar-refractivity contribution in [3.8, 4) is 0 Å². The predicted octanol–water partition coefficient (Wildman–Crippen LogP) is 1.67. The molecule has 1 N–H and O–H groups in total. The molecule has 0 spiro atoms. The number of rotatable bonds is 5. The highest BCUT2D eigenvalue weighted by molar-refractivity contribution is 14.2. The van der Waals surface area contributed by atoms with Gasteiger partial charge in [-0.15, -0.1) is 0 Å². The first kappa shape index (κ1) is 16.7. The van der Waals surface area contributed by atoms with Crippen LogP contribution in [0.2, 0.25) is 0 Å². The van der Waals surface area contributed by atoms with E-state index in [4.69, 9.17) is 11.6 Å². The number of nitrogens with one attached hydrogen (secondary N) is 1. The Balaban J connectivity index is 2.86. The van der Waals surface area contributed by atoms with Gasteiger partial charge in [-0.2, -0.15) is 5.10 Å². The molecule has 0 aromatic rings. The lowest BCUT2D eigenvalue weighted by atomic mass is 10.3. The fourth-order valence-electron chi connectivity index (χ4n) is 1.59. The van der Waals surface area contributed by atoms with Crippen LogP contribution < -0.4 is 5.32 Å². The first-order valence-corrected chi connectivity index (χ1v) is 10.0. The molecule has 9 heteroatoms. The summed E-state index contributed by atoms with van der Waals surface area (Å²) in [5.74, 6) is -0.0377. The molecular formula is C10H15ClIN4O2P. The number of allylic oxidation sites excluding steroid dienone is 2. The molecule has 0 saturated carbocycles. The maximum atomic E-state index is 11.5. The Morgan fingerprint density at radius 2 is 2.42 bits per heavy atom. The molecule has 0 aromatic heterocycles. The van der Waals surface area contributed by atoms with Crippen molar-refractivity contribution in [3.63, 3.8) is 0 Å². The van der Waals surface area contributed by atoms with Gasteiger partial charge in [-0.05, 0) is 35.4 Å². The van der Waals surface area contributed by atoms with Crippen molar-refractivity contribution in [2.24, 2.45) is 5.10 Å². The highest BCUT2D eigenvalue weighted by atomic mass is 127. The van der Waals surface area contributed by atoms with E-state index in [-0.39, 0.29) is 18.8 Å². The van der Waals surface area contributed by atoms with E-state index in [1.165, 1.54) is 11.0 Å². The zero-order valence-electron chi connectivity index (χ0n) is 10.4. The summed E-state index contributed by atoms with van der Waals surface area (Å²) in [5.41, 5.74) is 0.667. The van der Waals surface area contributed by atoms with Gasteiger partial charge in [0.2, 0.25) is 12.3 Å². The van der Waals surface area contributed by atoms with Crippen LogP contribution in [0.15, 0.2) is 15.8 Å². The number of nitrogens with zero attached hydrogens (tertiary/aromatic N) is 3. The monoisotopic (exact) mass is 416 g/mol. The fraction of sp³-hybridized carbons (Fsp3) is 0.500. The van der Waals surface area contributed by atoms with Gasteiger partial charge in [-0.25, -0.2) is 4.78 Å². The lowest BCUT2D eigenvalue weighted by Crippen LogP contribution is -2.33. The average molecular weight is 417 g/mol. The molecule has 1 unspecified atom stereocenters. The predicted molar refractivity (Wildman–Crippen MR) is 86.5 cm³/mol. The van der Waals surface area contributed by atoms with Gasteiger partial charge in [0, 0.05) is 18.1 Å². The number of amides is 2. The molecule has 0 bridgehead atoms. The van der Waals surface area contributed by atoms with E-state index in [1.807, 2.05) is 4.90 Å². The maximum absolute atomic E-state index is 11.5. The average Bonchev–Trinajstić information content (AvgIpc) is 2.59. The Morgan fingerprint density at radius 3 is 3.00 bits per heavy atom. The molecule has 1 saturated heterocycles. The van der Waals surface area contributed by atoms with Crippen molar-refractivity contribution in [2.75, 3.05) is 19.6 Å². The topological polar surface area (TPSA) is 65.0 Å². The second kappa shape index (κ2) is 8.71. The van der Waals surface area contributed by atoms with E-state index >= 15 is 0 Å². The summed E-state index contributed by atoms with van der Waals surface area (Å²) in [6, 6.07) is 0. The zero-order chi connectivity index (χ0) is 14.3. The minimum Gasteiger partial charge on any atom is -0.360 e. The summed E-state index contributed by atoms with van der Waals surface area (Å²) in [4.78, 5) is 24.1. The fourth-order valence-corrected chi connectivity index (χ4v) is 2.61. The molecular weight excluding hydrogens is 401 g/mol. The SMILES string of the molecule is C/C(Cl)=C(\C=N/N(C=O)PI)N1CCCNC(=O)C1. The van der Waals surface area contributed by atoms with Gasteiger partial charge in [0.1, 0.15) is 0 Å². The van der Waals surface area contributed by atoms with Gasteiger partial charge in [-0.1, -0.05) is 11.6 Å². The lowest BCUT2D eigenvalue weighted by Gasteiger charge is -2.22. The van der Waals surface area contributed by atoms with Crippen molar-refractivity contribution >= 4 is 58.5 Å². The third kappa shape index (κ3) is 5.62. The van der Waals surface area contributed by atoms with Crippen LogP contribution in [0.25, 0.3) is 0 Å². The minimum absolute atomic E-state index is 0.0377. The van der Waals surface area contributed by atoms with E-state index in [9.17, 15) is 9.59 Å². The van der Waals surface area contributed by atoms with Gasteiger partial charge >= 0.3 is 0 Å². The molecule has 1 aliphatic heterocycles. The van der Waals surface area contributed by atoms with Crippen molar-refractivity contribution in [1.29, 1.82) is 0 Å². The molecule has 0 aliphatic carbocycles. The maximum Gasteiger partial charge on any atom is 0.239 e. The first-order valence-electron chi connectivity index (χ1n) is 5.61. The number of halogens is 2. The van der Waals surface area contributed by atoms with Crippen molar-refractivity contribution in [2.45, 2.75) is 13.3 Å². The standard InChI is InChI=1S/C10H15ClIN4O2P/c1-8(11)9(5-14-16(7-17)19-12)15-4-2-3-13-10(18)6-15/h5,7,19H,2-4,6H2,1H3,(H,13,18)/b9-8-,14-5-. The summed E-state index contributed by atoms with van der Waals surface area (Å²) in [5, 5.41) is 7.38. The first-order chi connectivity index (χ1) is 9.08. The largest absolute Gasteiger partial charge is 0.360 e. The lowest BCUT2D eigenvalue weighted by molar-refractivity contribution is -0.121. The number of hydrazone groups is 1. The highest BCUT2D eigenvalue weighted by Gasteiger charge is 2.17. The Bertz CT molecular complexity index is 401. The summed E-state index contributed by atoms with van der Waals surface area (Å²) in [7, 11) is 0. The van der Waals surface area contributed by atoms with Crippen LogP contribution in [0, 0.1) is 0 Å². The van der Waals surface area contributed by atoms with E-state index in [1.54, 1.807) is 6.92 Å². The van der Waals surface area contributed by atoms with Gasteiger partial charge in [0.05, 0.1) is 24.8 Å². The normalized spacial score (nSPS) is 18.5. The molecule has 106 valence electrons. The zero-order valence-corrected chi connectivity index (χ0v) is 14.3. The number of hydrogen-bond donors (Lipinski definition) is 1. The molecule has 19 heavy (non-hydrogen) atoms. The smallest absolute Gasteiger partial charge is 0.239 e. The molecule has 1 heterocycles. The van der Waals surface area contributed by atoms with Crippen LogP contribution in [0.3, 0.4) is 0 Å². The molecule has 2 amide bonds. The van der Waals surface area contributed by atoms with Crippen LogP contribution in [-0.2, 0) is 9.59 Å². The highest BCUT2D eigenvalue weighted by Crippen LogP contribution is 2.25. The Kier molecular flexibility index (Phi) is 7.63. The summed E-state index contributed by atoms with van der Waals surface area (Å²) < 4.78 is 1.28. The number of hydrogen-bond acceptors (Lipinski definition) is 4. The molecule has 1 aliphatic rings. The van der Waals surface area contributed by atoms with E-state index < -0.39 is 0 Å². The molecule has 1 rings (SSSR count). The van der Waals surface area contributed by atoms with E-state index in [0.717, 1.165) is 13.0 Å². The summed E-state index contributed by atoms with van der Waals surface area (Å²) in [6.07, 6.45) is 3.24. The van der Waals surface area contributed by atoms with Crippen LogP contribution in [0.1, 0.15) is 13.3 Å². The Morgan fingerprint density at radius 1 is 1.68 bits per heavy atom. The molecule has 1 fully saturated rings. The Hall–Kier alpha value is -0.400. The number of carbonyl (C=O) groups excluding carboxylic acids is 2. The van der Waals surface area contributed by atoms with E-state index in [2.05, 4.69) is 32.5 Å². The van der Waals surface area contributed by atoms with Gasteiger partial charge in [-0.3, -0.25) is 9.59 Å². The molecule has 1 atom stereocenters. The van der Waals surface area contributed by atoms with Crippen molar-refractivity contribution in [3.05, 3.63) is 10.7 Å². The molecule has 0 radical (unpaired) electrons. The van der Waals surface area contributed by atoms with Crippen LogP contribution in [0.5, 0.6) is 0 Å².